The first-order chi connectivity index (χ1) is 11.6. The smallest absolute Gasteiger partial charge is 0.251 e. The van der Waals surface area contributed by atoms with Gasteiger partial charge in [-0.15, -0.1) is 0 Å². The summed E-state index contributed by atoms with van der Waals surface area (Å²) in [5.74, 6) is 0.484. The fraction of sp³-hybridized carbons (Fsp3) is 0.294. The highest BCUT2D eigenvalue weighted by molar-refractivity contribution is 6.35. The molecule has 1 aromatic heterocycles. The average Bonchev–Trinajstić information content (AvgIpc) is 2.57. The van der Waals surface area contributed by atoms with Crippen molar-refractivity contribution in [3.8, 4) is 0 Å². The molecule has 2 aromatic rings. The standard InChI is InChI=1S/C17H19Cl2N3O2/c1-24-9-8-22-17(23)13-5-7-21-16(10-13)20-6-4-12-2-3-14(18)11-15(12)19/h2-3,5,7,10-11H,4,6,8-9H2,1H3,(H,20,21)(H,22,23). The Bertz CT molecular complexity index is 695. The van der Waals surface area contributed by atoms with Crippen LogP contribution < -0.4 is 10.6 Å². The summed E-state index contributed by atoms with van der Waals surface area (Å²) < 4.78 is 4.91. The minimum Gasteiger partial charge on any atom is -0.383 e. The zero-order chi connectivity index (χ0) is 17.4. The maximum Gasteiger partial charge on any atom is 0.251 e. The Hall–Kier alpha value is -1.82. The summed E-state index contributed by atoms with van der Waals surface area (Å²) >= 11 is 12.0. The highest BCUT2D eigenvalue weighted by atomic mass is 35.5. The third kappa shape index (κ3) is 5.67. The molecular formula is C17H19Cl2N3O2. The van der Waals surface area contributed by atoms with E-state index in [1.165, 1.54) is 0 Å². The lowest BCUT2D eigenvalue weighted by atomic mass is 10.1. The summed E-state index contributed by atoms with van der Waals surface area (Å²) in [6.07, 6.45) is 2.32. The molecule has 0 aliphatic heterocycles. The van der Waals surface area contributed by atoms with Gasteiger partial charge in [0.1, 0.15) is 5.82 Å². The summed E-state index contributed by atoms with van der Waals surface area (Å²) in [7, 11) is 1.59. The van der Waals surface area contributed by atoms with Crippen LogP contribution in [-0.2, 0) is 11.2 Å². The van der Waals surface area contributed by atoms with Crippen molar-refractivity contribution >= 4 is 34.9 Å². The third-order valence-corrected chi connectivity index (χ3v) is 3.92. The van der Waals surface area contributed by atoms with Gasteiger partial charge in [0.25, 0.3) is 5.91 Å². The molecule has 0 radical (unpaired) electrons. The van der Waals surface area contributed by atoms with Gasteiger partial charge in [-0.25, -0.2) is 4.98 Å². The van der Waals surface area contributed by atoms with Gasteiger partial charge in [0, 0.05) is 42.0 Å². The van der Waals surface area contributed by atoms with E-state index in [4.69, 9.17) is 27.9 Å². The lowest BCUT2D eigenvalue weighted by Gasteiger charge is -2.09. The van der Waals surface area contributed by atoms with E-state index in [2.05, 4.69) is 15.6 Å². The monoisotopic (exact) mass is 367 g/mol. The first-order valence-corrected chi connectivity index (χ1v) is 8.26. The molecule has 24 heavy (non-hydrogen) atoms. The number of methoxy groups -OCH3 is 1. The molecule has 1 heterocycles. The van der Waals surface area contributed by atoms with Crippen molar-refractivity contribution in [3.05, 3.63) is 57.7 Å². The van der Waals surface area contributed by atoms with Crippen molar-refractivity contribution in [1.29, 1.82) is 0 Å². The SMILES string of the molecule is COCCNC(=O)c1ccnc(NCCc2ccc(Cl)cc2Cl)c1. The first kappa shape index (κ1) is 18.5. The van der Waals surface area contributed by atoms with Gasteiger partial charge in [-0.1, -0.05) is 29.3 Å². The molecule has 0 atom stereocenters. The fourth-order valence-electron chi connectivity index (χ4n) is 2.09. The molecular weight excluding hydrogens is 349 g/mol. The van der Waals surface area contributed by atoms with Crippen LogP contribution in [-0.4, -0.2) is 37.7 Å². The second kappa shape index (κ2) is 9.47. The number of carbonyl (C=O) groups is 1. The average molecular weight is 368 g/mol. The number of rotatable bonds is 8. The number of hydrogen-bond acceptors (Lipinski definition) is 4. The quantitative estimate of drug-likeness (QED) is 0.701. The Labute approximate surface area is 151 Å². The topological polar surface area (TPSA) is 63.2 Å². The molecule has 2 N–H and O–H groups in total. The minimum absolute atomic E-state index is 0.154. The van der Waals surface area contributed by atoms with Crippen molar-refractivity contribution in [2.24, 2.45) is 0 Å². The van der Waals surface area contributed by atoms with E-state index < -0.39 is 0 Å². The van der Waals surface area contributed by atoms with Crippen molar-refractivity contribution in [2.45, 2.75) is 6.42 Å². The zero-order valence-electron chi connectivity index (χ0n) is 13.3. The molecule has 0 fully saturated rings. The Morgan fingerprint density at radius 1 is 1.21 bits per heavy atom. The van der Waals surface area contributed by atoms with E-state index in [1.54, 1.807) is 31.5 Å². The van der Waals surface area contributed by atoms with Crippen LogP contribution in [0, 0.1) is 0 Å². The number of ether oxygens (including phenoxy) is 1. The number of halogens is 2. The summed E-state index contributed by atoms with van der Waals surface area (Å²) in [5, 5.41) is 7.22. The van der Waals surface area contributed by atoms with Crippen molar-refractivity contribution in [2.75, 3.05) is 32.1 Å². The highest BCUT2D eigenvalue weighted by Gasteiger charge is 2.06. The molecule has 5 nitrogen and oxygen atoms in total. The van der Waals surface area contributed by atoms with Gasteiger partial charge in [0.15, 0.2) is 0 Å². The van der Waals surface area contributed by atoms with Gasteiger partial charge in [0.05, 0.1) is 6.61 Å². The number of carbonyl (C=O) groups excluding carboxylic acids is 1. The van der Waals surface area contributed by atoms with E-state index in [9.17, 15) is 4.79 Å². The predicted octanol–water partition coefficient (Wildman–Crippen LogP) is 3.42. The molecule has 0 bridgehead atoms. The first-order valence-electron chi connectivity index (χ1n) is 7.51. The number of hydrogen-bond donors (Lipinski definition) is 2. The molecule has 0 saturated heterocycles. The molecule has 128 valence electrons. The Morgan fingerprint density at radius 3 is 2.79 bits per heavy atom. The second-order valence-corrected chi connectivity index (χ2v) is 5.93. The van der Waals surface area contributed by atoms with Gasteiger partial charge < -0.3 is 15.4 Å². The van der Waals surface area contributed by atoms with E-state index in [0.29, 0.717) is 41.1 Å². The fourth-order valence-corrected chi connectivity index (χ4v) is 2.59. The Morgan fingerprint density at radius 2 is 2.04 bits per heavy atom. The Balaban J connectivity index is 1.88. The molecule has 1 amide bonds. The van der Waals surface area contributed by atoms with Gasteiger partial charge in [0.2, 0.25) is 0 Å². The number of benzene rings is 1. The molecule has 0 unspecified atom stereocenters. The maximum absolute atomic E-state index is 12.0. The molecule has 2 rings (SSSR count). The summed E-state index contributed by atoms with van der Waals surface area (Å²) in [4.78, 5) is 16.2. The van der Waals surface area contributed by atoms with Crippen LogP contribution in [0.5, 0.6) is 0 Å². The van der Waals surface area contributed by atoms with Crippen molar-refractivity contribution in [3.63, 3.8) is 0 Å². The van der Waals surface area contributed by atoms with Crippen LogP contribution in [0.1, 0.15) is 15.9 Å². The number of pyridine rings is 1. The molecule has 0 saturated carbocycles. The van der Waals surface area contributed by atoms with Crippen molar-refractivity contribution < 1.29 is 9.53 Å². The number of nitrogens with one attached hydrogen (secondary N) is 2. The van der Waals surface area contributed by atoms with Crippen LogP contribution in [0.4, 0.5) is 5.82 Å². The van der Waals surface area contributed by atoms with E-state index >= 15 is 0 Å². The molecule has 7 heteroatoms. The molecule has 1 aromatic carbocycles. The van der Waals surface area contributed by atoms with Gasteiger partial charge in [-0.3, -0.25) is 4.79 Å². The zero-order valence-corrected chi connectivity index (χ0v) is 14.8. The molecule has 0 spiro atoms. The predicted molar refractivity (Wildman–Crippen MR) is 97.1 cm³/mol. The minimum atomic E-state index is -0.154. The van der Waals surface area contributed by atoms with Gasteiger partial charge >= 0.3 is 0 Å². The largest absolute Gasteiger partial charge is 0.383 e. The number of aromatic nitrogens is 1. The number of anilines is 1. The molecule has 0 aliphatic rings. The van der Waals surface area contributed by atoms with E-state index in [1.807, 2.05) is 12.1 Å². The van der Waals surface area contributed by atoms with E-state index in [0.717, 1.165) is 12.0 Å². The van der Waals surface area contributed by atoms with Crippen molar-refractivity contribution in [1.82, 2.24) is 10.3 Å². The Kier molecular flexibility index (Phi) is 7.31. The number of amides is 1. The summed E-state index contributed by atoms with van der Waals surface area (Å²) in [6, 6.07) is 8.82. The van der Waals surface area contributed by atoms with Crippen LogP contribution >= 0.6 is 23.2 Å². The molecule has 0 aliphatic carbocycles. The third-order valence-electron chi connectivity index (χ3n) is 3.33. The lowest BCUT2D eigenvalue weighted by Crippen LogP contribution is -2.27. The summed E-state index contributed by atoms with van der Waals surface area (Å²) in [6.45, 7) is 1.59. The lowest BCUT2D eigenvalue weighted by molar-refractivity contribution is 0.0937. The highest BCUT2D eigenvalue weighted by Crippen LogP contribution is 2.21. The van der Waals surface area contributed by atoms with Crippen LogP contribution in [0.15, 0.2) is 36.5 Å². The van der Waals surface area contributed by atoms with Crippen LogP contribution in [0.25, 0.3) is 0 Å². The normalized spacial score (nSPS) is 10.5. The van der Waals surface area contributed by atoms with Crippen LogP contribution in [0.3, 0.4) is 0 Å². The number of nitrogens with zero attached hydrogens (tertiary/aromatic N) is 1. The van der Waals surface area contributed by atoms with Crippen LogP contribution in [0.2, 0.25) is 10.0 Å². The van der Waals surface area contributed by atoms with E-state index in [-0.39, 0.29) is 5.91 Å². The second-order valence-electron chi connectivity index (χ2n) is 5.09. The van der Waals surface area contributed by atoms with Gasteiger partial charge in [-0.2, -0.15) is 0 Å². The maximum atomic E-state index is 12.0. The van der Waals surface area contributed by atoms with Gasteiger partial charge in [-0.05, 0) is 36.2 Å². The summed E-state index contributed by atoms with van der Waals surface area (Å²) in [5.41, 5.74) is 1.55.